The number of benzene rings is 1. The van der Waals surface area contributed by atoms with Gasteiger partial charge in [0.2, 0.25) is 5.95 Å². The lowest BCUT2D eigenvalue weighted by Gasteiger charge is -2.22. The fourth-order valence-electron chi connectivity index (χ4n) is 3.25. The predicted octanol–water partition coefficient (Wildman–Crippen LogP) is 5.93. The summed E-state index contributed by atoms with van der Waals surface area (Å²) in [7, 11) is 0. The topological polar surface area (TPSA) is 64.7 Å². The van der Waals surface area contributed by atoms with E-state index in [1.54, 1.807) is 12.1 Å². The molecule has 0 bridgehead atoms. The Kier molecular flexibility index (Phi) is 6.38. The summed E-state index contributed by atoms with van der Waals surface area (Å²) in [5.41, 5.74) is 6.21. The van der Waals surface area contributed by atoms with E-state index in [-0.39, 0.29) is 21.8 Å². The summed E-state index contributed by atoms with van der Waals surface area (Å²) < 4.78 is 54.7. The lowest BCUT2D eigenvalue weighted by atomic mass is 10.0. The average Bonchev–Trinajstić information content (AvgIpc) is 2.74. The van der Waals surface area contributed by atoms with Gasteiger partial charge < -0.3 is 5.73 Å². The summed E-state index contributed by atoms with van der Waals surface area (Å²) in [6.07, 6.45) is 0.0970. The van der Waals surface area contributed by atoms with Crippen molar-refractivity contribution in [2.75, 3.05) is 17.2 Å². The number of alkyl halides is 3. The number of rotatable bonds is 4. The first kappa shape index (κ1) is 21.9. The molecule has 0 saturated carbocycles. The summed E-state index contributed by atoms with van der Waals surface area (Å²) >= 11 is 3.18. The van der Waals surface area contributed by atoms with Gasteiger partial charge in [-0.3, -0.25) is 0 Å². The molecule has 4 nitrogen and oxygen atoms in total. The molecule has 0 aliphatic carbocycles. The number of anilines is 1. The van der Waals surface area contributed by atoms with Crippen LogP contribution in [-0.2, 0) is 6.18 Å². The third kappa shape index (κ3) is 5.12. The van der Waals surface area contributed by atoms with Gasteiger partial charge in [-0.15, -0.1) is 11.8 Å². The van der Waals surface area contributed by atoms with Crippen LogP contribution in [-0.4, -0.2) is 31.7 Å². The van der Waals surface area contributed by atoms with Crippen molar-refractivity contribution in [3.05, 3.63) is 54.2 Å². The molecule has 1 aliphatic heterocycles. The maximum absolute atomic E-state index is 14.9. The number of hydrogen-bond acceptors (Lipinski definition) is 6. The molecule has 3 aromatic rings. The molecule has 4 rings (SSSR count). The van der Waals surface area contributed by atoms with Gasteiger partial charge in [0.25, 0.3) is 0 Å². The Morgan fingerprint density at radius 3 is 2.29 bits per heavy atom. The number of nitrogens with two attached hydrogens (primary N) is 1. The molecule has 1 aliphatic rings. The van der Waals surface area contributed by atoms with Gasteiger partial charge in [0, 0.05) is 34.3 Å². The van der Waals surface area contributed by atoms with E-state index in [1.165, 1.54) is 36.3 Å². The highest BCUT2D eigenvalue weighted by atomic mass is 32.2. The van der Waals surface area contributed by atoms with Crippen LogP contribution < -0.4 is 5.73 Å². The predicted molar refractivity (Wildman–Crippen MR) is 116 cm³/mol. The molecule has 0 spiro atoms. The lowest BCUT2D eigenvalue weighted by Crippen LogP contribution is -2.13. The number of aromatic nitrogens is 3. The maximum Gasteiger partial charge on any atom is 0.433 e. The highest BCUT2D eigenvalue weighted by Crippen LogP contribution is 2.40. The van der Waals surface area contributed by atoms with E-state index in [0.29, 0.717) is 16.7 Å². The van der Waals surface area contributed by atoms with Crippen molar-refractivity contribution < 1.29 is 17.6 Å². The van der Waals surface area contributed by atoms with E-state index in [0.717, 1.165) is 30.4 Å². The average molecular weight is 467 g/mol. The number of halogens is 4. The molecule has 162 valence electrons. The second-order valence-corrected chi connectivity index (χ2v) is 9.51. The highest BCUT2D eigenvalue weighted by Gasteiger charge is 2.33. The monoisotopic (exact) mass is 466 g/mol. The smallest absolute Gasteiger partial charge is 0.368 e. The van der Waals surface area contributed by atoms with Crippen LogP contribution in [0, 0.1) is 5.82 Å². The van der Waals surface area contributed by atoms with Crippen LogP contribution in [0.3, 0.4) is 0 Å². The summed E-state index contributed by atoms with van der Waals surface area (Å²) in [4.78, 5) is 11.6. The van der Waals surface area contributed by atoms with Crippen molar-refractivity contribution in [2.45, 2.75) is 29.3 Å². The van der Waals surface area contributed by atoms with E-state index in [2.05, 4.69) is 15.0 Å². The molecular weight excluding hydrogens is 448 g/mol. The van der Waals surface area contributed by atoms with Crippen LogP contribution in [0.15, 0.2) is 47.8 Å². The van der Waals surface area contributed by atoms with E-state index in [1.807, 2.05) is 11.8 Å². The van der Waals surface area contributed by atoms with Crippen molar-refractivity contribution in [1.29, 1.82) is 0 Å². The van der Waals surface area contributed by atoms with Crippen molar-refractivity contribution in [2.24, 2.45) is 0 Å². The Labute approximate surface area is 185 Å². The molecule has 0 atom stereocenters. The zero-order valence-corrected chi connectivity index (χ0v) is 17.8. The number of hydrogen-bond donors (Lipinski definition) is 1. The number of nitrogens with zero attached hydrogens (tertiary/aromatic N) is 3. The first-order valence-corrected chi connectivity index (χ1v) is 11.5. The van der Waals surface area contributed by atoms with Gasteiger partial charge >= 0.3 is 6.18 Å². The largest absolute Gasteiger partial charge is 0.433 e. The summed E-state index contributed by atoms with van der Waals surface area (Å²) in [6, 6.07) is 6.84. The van der Waals surface area contributed by atoms with Crippen LogP contribution >= 0.6 is 23.5 Å². The first-order valence-electron chi connectivity index (χ1n) is 9.52. The third-order valence-electron chi connectivity index (χ3n) is 4.86. The first-order chi connectivity index (χ1) is 14.8. The van der Waals surface area contributed by atoms with Crippen molar-refractivity contribution in [1.82, 2.24) is 15.0 Å². The zero-order chi connectivity index (χ0) is 22.0. The van der Waals surface area contributed by atoms with Gasteiger partial charge in [-0.2, -0.15) is 24.9 Å². The third-order valence-corrected chi connectivity index (χ3v) is 7.25. The lowest BCUT2D eigenvalue weighted by molar-refractivity contribution is -0.141. The quantitative estimate of drug-likeness (QED) is 0.481. The molecule has 2 N–H and O–H groups in total. The Balaban J connectivity index is 1.72. The summed E-state index contributed by atoms with van der Waals surface area (Å²) in [5, 5.41) is 0.460. The van der Waals surface area contributed by atoms with E-state index < -0.39 is 17.7 Å². The van der Waals surface area contributed by atoms with Crippen LogP contribution in [0.4, 0.5) is 23.5 Å². The SMILES string of the molecule is Nc1ncc(-c2ccc(-c3ccc(C(F)(F)F)nc3SC3CCSCC3)cc2F)cn1. The Morgan fingerprint density at radius 2 is 1.65 bits per heavy atom. The second kappa shape index (κ2) is 9.04. The normalized spacial score (nSPS) is 15.2. The van der Waals surface area contributed by atoms with Crippen molar-refractivity contribution >= 4 is 29.5 Å². The van der Waals surface area contributed by atoms with Gasteiger partial charge in [0.15, 0.2) is 0 Å². The standard InChI is InChI=1S/C21H18F4N4S2/c22-17-9-12(1-2-15(17)13-10-27-20(26)28-11-13)16-3-4-18(21(23,24)25)29-19(16)31-14-5-7-30-8-6-14/h1-4,9-11,14H,5-8H2,(H2,26,27,28). The van der Waals surface area contributed by atoms with Gasteiger partial charge in [-0.1, -0.05) is 12.1 Å². The number of nitrogen functional groups attached to an aromatic ring is 1. The molecule has 31 heavy (non-hydrogen) atoms. The fraction of sp³-hybridized carbons (Fsp3) is 0.286. The number of pyridine rings is 1. The van der Waals surface area contributed by atoms with Crippen LogP contribution in [0.1, 0.15) is 18.5 Å². The maximum atomic E-state index is 14.9. The van der Waals surface area contributed by atoms with Gasteiger partial charge in [-0.25, -0.2) is 19.3 Å². The van der Waals surface area contributed by atoms with Crippen LogP contribution in [0.2, 0.25) is 0 Å². The molecule has 10 heteroatoms. The summed E-state index contributed by atoms with van der Waals surface area (Å²) in [6.45, 7) is 0. The van der Waals surface area contributed by atoms with E-state index in [4.69, 9.17) is 5.73 Å². The number of thioether (sulfide) groups is 2. The van der Waals surface area contributed by atoms with Gasteiger partial charge in [0.05, 0.1) is 0 Å². The second-order valence-electron chi connectivity index (χ2n) is 7.00. The van der Waals surface area contributed by atoms with Gasteiger partial charge in [-0.05, 0) is 48.1 Å². The van der Waals surface area contributed by atoms with Crippen LogP contribution in [0.25, 0.3) is 22.3 Å². The van der Waals surface area contributed by atoms with Crippen LogP contribution in [0.5, 0.6) is 0 Å². The minimum atomic E-state index is -4.54. The molecule has 2 aromatic heterocycles. The summed E-state index contributed by atoms with van der Waals surface area (Å²) in [5.74, 6) is 1.49. The van der Waals surface area contributed by atoms with E-state index >= 15 is 0 Å². The Hall–Kier alpha value is -2.33. The Bertz CT molecular complexity index is 1070. The molecule has 0 unspecified atom stereocenters. The highest BCUT2D eigenvalue weighted by molar-refractivity contribution is 8.01. The van der Waals surface area contributed by atoms with E-state index in [9.17, 15) is 17.6 Å². The minimum Gasteiger partial charge on any atom is -0.368 e. The van der Waals surface area contributed by atoms with Crippen molar-refractivity contribution in [3.8, 4) is 22.3 Å². The molecule has 1 aromatic carbocycles. The van der Waals surface area contributed by atoms with Gasteiger partial charge in [0.1, 0.15) is 16.5 Å². The zero-order valence-electron chi connectivity index (χ0n) is 16.2. The minimum absolute atomic E-state index is 0.0828. The molecule has 3 heterocycles. The Morgan fingerprint density at radius 1 is 0.968 bits per heavy atom. The molecule has 0 radical (unpaired) electrons. The molecule has 1 saturated heterocycles. The molecular formula is C21H18F4N4S2. The fourth-order valence-corrected chi connectivity index (χ4v) is 5.91. The molecule has 0 amide bonds. The molecule has 1 fully saturated rings. The van der Waals surface area contributed by atoms with Crippen molar-refractivity contribution in [3.63, 3.8) is 0 Å².